The van der Waals surface area contributed by atoms with Crippen LogP contribution in [-0.4, -0.2) is 83.4 Å². The van der Waals surface area contributed by atoms with Gasteiger partial charge in [-0.3, -0.25) is 14.5 Å². The van der Waals surface area contributed by atoms with Crippen LogP contribution in [0.2, 0.25) is 0 Å². The molecule has 0 saturated heterocycles. The van der Waals surface area contributed by atoms with Crippen molar-refractivity contribution in [1.29, 1.82) is 0 Å². The lowest BCUT2D eigenvalue weighted by molar-refractivity contribution is -0.146. The maximum absolute atomic E-state index is 14.1. The topological polar surface area (TPSA) is 103 Å². The van der Waals surface area contributed by atoms with E-state index in [4.69, 9.17) is 19.2 Å². The van der Waals surface area contributed by atoms with Crippen LogP contribution in [0.15, 0.2) is 36.0 Å². The first kappa shape index (κ1) is 31.1. The van der Waals surface area contributed by atoms with Gasteiger partial charge in [0.25, 0.3) is 5.91 Å². The predicted molar refractivity (Wildman–Crippen MR) is 153 cm³/mol. The lowest BCUT2D eigenvalue weighted by Gasteiger charge is -2.34. The molecule has 1 aromatic heterocycles. The average molecular weight is 557 g/mol. The van der Waals surface area contributed by atoms with Crippen LogP contribution >= 0.6 is 0 Å². The van der Waals surface area contributed by atoms with E-state index in [0.717, 1.165) is 29.4 Å². The predicted octanol–water partition coefficient (Wildman–Crippen LogP) is 4.88. The van der Waals surface area contributed by atoms with Crippen LogP contribution in [0.5, 0.6) is 0 Å². The number of imidazole rings is 1. The summed E-state index contributed by atoms with van der Waals surface area (Å²) in [6.07, 6.45) is 3.26. The highest BCUT2D eigenvalue weighted by Gasteiger charge is 2.34. The number of hydrogen-bond donors (Lipinski definition) is 0. The van der Waals surface area contributed by atoms with Crippen LogP contribution in [0.4, 0.5) is 4.79 Å². The molecule has 0 N–H and O–H groups in total. The monoisotopic (exact) mass is 556 g/mol. The van der Waals surface area contributed by atoms with Crippen molar-refractivity contribution in [1.82, 2.24) is 19.4 Å². The van der Waals surface area contributed by atoms with Crippen molar-refractivity contribution in [3.05, 3.63) is 41.9 Å². The molecule has 0 saturated carbocycles. The highest BCUT2D eigenvalue weighted by atomic mass is 16.6. The number of aromatic nitrogens is 2. The first-order chi connectivity index (χ1) is 18.9. The number of unbranched alkanes of at least 4 members (excludes halogenated alkanes) is 1. The lowest BCUT2D eigenvalue weighted by Crippen LogP contribution is -2.43. The smallest absolute Gasteiger partial charge is 0.414 e. The summed E-state index contributed by atoms with van der Waals surface area (Å²) < 4.78 is 17.8. The van der Waals surface area contributed by atoms with Crippen LogP contribution in [0, 0.1) is 11.8 Å². The summed E-state index contributed by atoms with van der Waals surface area (Å²) in [5.41, 5.74) is 1.75. The molecule has 2 amide bonds. The number of para-hydroxylation sites is 2. The summed E-state index contributed by atoms with van der Waals surface area (Å²) in [6.45, 7) is 11.7. The van der Waals surface area contributed by atoms with Gasteiger partial charge in [-0.2, -0.15) is 0 Å². The SMILES string of the molecule is COCCCCn1c(C(=O)N(CC2=CN(C(=O)OC(C)(C)C)CC(C(=O)OC)C2)CC(C)C)nc2ccccc21. The summed E-state index contributed by atoms with van der Waals surface area (Å²) in [7, 11) is 3.02. The summed E-state index contributed by atoms with van der Waals surface area (Å²) in [4.78, 5) is 47.5. The standard InChI is InChI=1S/C30H44N4O6/c1-21(2)17-32(18-22-16-23(28(36)39-7)20-33(19-22)29(37)40-30(3,4)5)27(35)26-31-24-12-8-9-13-25(24)34(26)14-10-11-15-38-6/h8-9,12-13,19,21,23H,10-11,14-18,20H2,1-7H3. The van der Waals surface area contributed by atoms with Crippen LogP contribution in [0.25, 0.3) is 11.0 Å². The van der Waals surface area contributed by atoms with E-state index in [9.17, 15) is 14.4 Å². The maximum Gasteiger partial charge on any atom is 0.414 e. The fraction of sp³-hybridized carbons (Fsp3) is 0.600. The largest absolute Gasteiger partial charge is 0.469 e. The zero-order valence-corrected chi connectivity index (χ0v) is 24.9. The fourth-order valence-corrected chi connectivity index (χ4v) is 4.85. The summed E-state index contributed by atoms with van der Waals surface area (Å²) in [6, 6.07) is 7.75. The fourth-order valence-electron chi connectivity index (χ4n) is 4.85. The Balaban J connectivity index is 1.94. The Morgan fingerprint density at radius 2 is 1.85 bits per heavy atom. The van der Waals surface area contributed by atoms with Crippen molar-refractivity contribution in [3.8, 4) is 0 Å². The number of rotatable bonds is 11. The third-order valence-electron chi connectivity index (χ3n) is 6.52. The van der Waals surface area contributed by atoms with Gasteiger partial charge in [0.1, 0.15) is 5.60 Å². The Kier molecular flexibility index (Phi) is 10.7. The molecule has 1 unspecified atom stereocenters. The third-order valence-corrected chi connectivity index (χ3v) is 6.52. The van der Waals surface area contributed by atoms with E-state index in [-0.39, 0.29) is 24.9 Å². The molecule has 0 fully saturated rings. The number of methoxy groups -OCH3 is 2. The van der Waals surface area contributed by atoms with Gasteiger partial charge in [0.05, 0.1) is 24.1 Å². The van der Waals surface area contributed by atoms with Crippen LogP contribution < -0.4 is 0 Å². The highest BCUT2D eigenvalue weighted by Crippen LogP contribution is 2.26. The normalized spacial score (nSPS) is 15.8. The van der Waals surface area contributed by atoms with Crippen LogP contribution in [0.3, 0.4) is 0 Å². The minimum absolute atomic E-state index is 0.153. The molecule has 2 aromatic rings. The molecule has 2 heterocycles. The molecule has 10 nitrogen and oxygen atoms in total. The van der Waals surface area contributed by atoms with E-state index >= 15 is 0 Å². The molecule has 0 radical (unpaired) electrons. The molecule has 10 heteroatoms. The van der Waals surface area contributed by atoms with E-state index in [1.165, 1.54) is 12.0 Å². The molecule has 1 aromatic carbocycles. The average Bonchev–Trinajstić information content (AvgIpc) is 3.27. The van der Waals surface area contributed by atoms with Crippen molar-refractivity contribution < 1.29 is 28.6 Å². The molecule has 0 aliphatic carbocycles. The van der Waals surface area contributed by atoms with Gasteiger partial charge in [-0.05, 0) is 63.7 Å². The summed E-state index contributed by atoms with van der Waals surface area (Å²) in [5.74, 6) is -0.589. The number of hydrogen-bond acceptors (Lipinski definition) is 7. The van der Waals surface area contributed by atoms with Gasteiger partial charge < -0.3 is 23.7 Å². The van der Waals surface area contributed by atoms with Gasteiger partial charge in [-0.1, -0.05) is 26.0 Å². The lowest BCUT2D eigenvalue weighted by atomic mass is 9.95. The number of aryl methyl sites for hydroxylation is 1. The quantitative estimate of drug-likeness (QED) is 0.287. The Bertz CT molecular complexity index is 1210. The van der Waals surface area contributed by atoms with Crippen LogP contribution in [0.1, 0.15) is 64.5 Å². The maximum atomic E-state index is 14.1. The molecule has 3 rings (SSSR count). The van der Waals surface area contributed by atoms with E-state index in [2.05, 4.69) is 0 Å². The second kappa shape index (κ2) is 13.8. The van der Waals surface area contributed by atoms with E-state index in [1.807, 2.05) is 42.7 Å². The zero-order chi connectivity index (χ0) is 29.4. The van der Waals surface area contributed by atoms with Crippen LogP contribution in [-0.2, 0) is 25.5 Å². The van der Waals surface area contributed by atoms with E-state index in [1.54, 1.807) is 39.0 Å². The van der Waals surface area contributed by atoms with Crippen molar-refractivity contribution >= 4 is 29.0 Å². The molecular formula is C30H44N4O6. The molecule has 1 aliphatic heterocycles. The van der Waals surface area contributed by atoms with Gasteiger partial charge >= 0.3 is 12.1 Å². The number of esters is 1. The summed E-state index contributed by atoms with van der Waals surface area (Å²) in [5, 5.41) is 0. The molecule has 0 spiro atoms. The molecule has 1 atom stereocenters. The first-order valence-corrected chi connectivity index (χ1v) is 13.9. The van der Waals surface area contributed by atoms with Crippen molar-refractivity contribution in [2.24, 2.45) is 11.8 Å². The second-order valence-corrected chi connectivity index (χ2v) is 11.7. The second-order valence-electron chi connectivity index (χ2n) is 11.7. The van der Waals surface area contributed by atoms with Crippen molar-refractivity contribution in [2.75, 3.05) is 40.5 Å². The minimum atomic E-state index is -0.689. The Morgan fingerprint density at radius 3 is 2.50 bits per heavy atom. The molecule has 220 valence electrons. The first-order valence-electron chi connectivity index (χ1n) is 13.9. The Morgan fingerprint density at radius 1 is 1.12 bits per heavy atom. The zero-order valence-electron chi connectivity index (χ0n) is 24.9. The minimum Gasteiger partial charge on any atom is -0.469 e. The highest BCUT2D eigenvalue weighted by molar-refractivity contribution is 5.95. The summed E-state index contributed by atoms with van der Waals surface area (Å²) >= 11 is 0. The number of amides is 2. The van der Waals surface area contributed by atoms with E-state index in [0.29, 0.717) is 31.9 Å². The molecule has 1 aliphatic rings. The molecule has 40 heavy (non-hydrogen) atoms. The number of benzene rings is 1. The Hall–Kier alpha value is -3.40. The molecular weight excluding hydrogens is 512 g/mol. The number of ether oxygens (including phenoxy) is 3. The van der Waals surface area contributed by atoms with Gasteiger partial charge in [0, 0.05) is 46.1 Å². The van der Waals surface area contributed by atoms with Gasteiger partial charge in [-0.15, -0.1) is 0 Å². The van der Waals surface area contributed by atoms with Gasteiger partial charge in [0.15, 0.2) is 5.82 Å². The van der Waals surface area contributed by atoms with E-state index < -0.39 is 23.6 Å². The molecule has 0 bridgehead atoms. The number of carbonyl (C=O) groups excluding carboxylic acids is 3. The number of carbonyl (C=O) groups is 3. The number of fused-ring (bicyclic) bond motifs is 1. The van der Waals surface area contributed by atoms with Gasteiger partial charge in [-0.25, -0.2) is 9.78 Å². The Labute approximate surface area is 237 Å². The van der Waals surface area contributed by atoms with Gasteiger partial charge in [0.2, 0.25) is 0 Å². The van der Waals surface area contributed by atoms with Crippen molar-refractivity contribution in [2.45, 2.75) is 66.0 Å². The third kappa shape index (κ3) is 8.30. The van der Waals surface area contributed by atoms with Crippen molar-refractivity contribution in [3.63, 3.8) is 0 Å². The number of nitrogens with zero attached hydrogens (tertiary/aromatic N) is 4.